The maximum absolute atomic E-state index is 12.3. The van der Waals surface area contributed by atoms with Crippen molar-refractivity contribution >= 4 is 5.91 Å². The van der Waals surface area contributed by atoms with Crippen LogP contribution in [0.2, 0.25) is 0 Å². The molecule has 2 aromatic carbocycles. The first kappa shape index (κ1) is 20.3. The Hall–Kier alpha value is -3.41. The van der Waals surface area contributed by atoms with Crippen LogP contribution in [0.15, 0.2) is 65.1 Å². The molecule has 29 heavy (non-hydrogen) atoms. The minimum absolute atomic E-state index is 0.201. The van der Waals surface area contributed by atoms with Crippen LogP contribution in [0.4, 0.5) is 0 Å². The molecule has 6 nitrogen and oxygen atoms in total. The fourth-order valence-corrected chi connectivity index (χ4v) is 2.66. The van der Waals surface area contributed by atoms with Crippen molar-refractivity contribution in [3.05, 3.63) is 77.7 Å². The Morgan fingerprint density at radius 1 is 0.966 bits per heavy atom. The number of benzene rings is 2. The highest BCUT2D eigenvalue weighted by atomic mass is 16.5. The summed E-state index contributed by atoms with van der Waals surface area (Å²) in [5.41, 5.74) is 0.980. The molecule has 3 rings (SSSR count). The molecule has 1 heterocycles. The van der Waals surface area contributed by atoms with Crippen molar-refractivity contribution in [2.45, 2.75) is 26.5 Å². The number of nitrogens with one attached hydrogen (secondary N) is 1. The second-order valence-corrected chi connectivity index (χ2v) is 6.38. The predicted molar refractivity (Wildman–Crippen MR) is 109 cm³/mol. The molecular formula is C23H25NO5. The van der Waals surface area contributed by atoms with Crippen molar-refractivity contribution in [2.75, 3.05) is 13.7 Å². The van der Waals surface area contributed by atoms with Crippen LogP contribution in [-0.4, -0.2) is 19.6 Å². The smallest absolute Gasteiger partial charge is 0.287 e. The van der Waals surface area contributed by atoms with E-state index >= 15 is 0 Å². The van der Waals surface area contributed by atoms with Gasteiger partial charge in [0.25, 0.3) is 5.91 Å². The number of rotatable bonds is 10. The summed E-state index contributed by atoms with van der Waals surface area (Å²) in [6.45, 7) is 3.36. The Morgan fingerprint density at radius 3 is 2.45 bits per heavy atom. The number of methoxy groups -OCH3 is 1. The molecule has 0 radical (unpaired) electrons. The molecule has 0 unspecified atom stereocenters. The van der Waals surface area contributed by atoms with E-state index < -0.39 is 0 Å². The number of hydrogen-bond acceptors (Lipinski definition) is 5. The highest BCUT2D eigenvalue weighted by molar-refractivity contribution is 5.91. The van der Waals surface area contributed by atoms with Gasteiger partial charge < -0.3 is 23.9 Å². The van der Waals surface area contributed by atoms with Crippen LogP contribution in [0.1, 0.15) is 35.2 Å². The van der Waals surface area contributed by atoms with Crippen molar-refractivity contribution < 1.29 is 23.4 Å². The van der Waals surface area contributed by atoms with Crippen LogP contribution in [0.5, 0.6) is 17.2 Å². The van der Waals surface area contributed by atoms with Gasteiger partial charge in [-0.25, -0.2) is 0 Å². The van der Waals surface area contributed by atoms with Gasteiger partial charge in [-0.2, -0.15) is 0 Å². The minimum atomic E-state index is -0.278. The molecule has 1 N–H and O–H groups in total. The van der Waals surface area contributed by atoms with Gasteiger partial charge >= 0.3 is 0 Å². The normalized spacial score (nSPS) is 10.4. The summed E-state index contributed by atoms with van der Waals surface area (Å²) in [6, 6.07) is 18.4. The zero-order valence-corrected chi connectivity index (χ0v) is 16.6. The summed E-state index contributed by atoms with van der Waals surface area (Å²) in [5.74, 6) is 2.60. The Balaban J connectivity index is 1.50. The number of ether oxygens (including phenoxy) is 3. The fraction of sp³-hybridized carbons (Fsp3) is 0.261. The number of carbonyl (C=O) groups excluding carboxylic acids is 1. The quantitative estimate of drug-likeness (QED) is 0.544. The topological polar surface area (TPSA) is 69.9 Å². The molecule has 0 aliphatic rings. The molecule has 6 heteroatoms. The van der Waals surface area contributed by atoms with Gasteiger partial charge in [0.1, 0.15) is 18.1 Å². The fourth-order valence-electron chi connectivity index (χ4n) is 2.66. The number of para-hydroxylation sites is 2. The second-order valence-electron chi connectivity index (χ2n) is 6.38. The summed E-state index contributed by atoms with van der Waals surface area (Å²) in [6.07, 6.45) is 0.965. The van der Waals surface area contributed by atoms with E-state index in [1.54, 1.807) is 19.2 Å². The van der Waals surface area contributed by atoms with Crippen LogP contribution < -0.4 is 19.5 Å². The first-order valence-corrected chi connectivity index (χ1v) is 9.54. The van der Waals surface area contributed by atoms with Gasteiger partial charge in [-0.05, 0) is 48.4 Å². The second kappa shape index (κ2) is 10.2. The van der Waals surface area contributed by atoms with E-state index in [1.807, 2.05) is 48.5 Å². The first-order chi connectivity index (χ1) is 14.2. The molecule has 3 aromatic rings. The average molecular weight is 395 g/mol. The minimum Gasteiger partial charge on any atom is -0.494 e. The number of furan rings is 1. The lowest BCUT2D eigenvalue weighted by Crippen LogP contribution is -2.22. The average Bonchev–Trinajstić information content (AvgIpc) is 3.24. The van der Waals surface area contributed by atoms with Crippen LogP contribution in [0, 0.1) is 0 Å². The van der Waals surface area contributed by atoms with E-state index in [2.05, 4.69) is 12.2 Å². The van der Waals surface area contributed by atoms with E-state index in [1.165, 1.54) is 0 Å². The van der Waals surface area contributed by atoms with E-state index in [4.69, 9.17) is 18.6 Å². The standard InChI is InChI=1S/C23H25NO5/c1-3-14-27-18-10-8-17(9-11-18)15-24-23(25)22-13-12-19(29-22)16-28-21-7-5-4-6-20(21)26-2/h4-13H,3,14-16H2,1-2H3,(H,24,25). The SMILES string of the molecule is CCCOc1ccc(CNC(=O)c2ccc(COc3ccccc3OC)o2)cc1. The monoisotopic (exact) mass is 395 g/mol. The van der Waals surface area contributed by atoms with Gasteiger partial charge in [0.2, 0.25) is 0 Å². The molecule has 1 aromatic heterocycles. The van der Waals surface area contributed by atoms with Gasteiger partial charge in [0.15, 0.2) is 17.3 Å². The van der Waals surface area contributed by atoms with E-state index in [-0.39, 0.29) is 18.3 Å². The van der Waals surface area contributed by atoms with Gasteiger partial charge in [-0.1, -0.05) is 31.2 Å². The van der Waals surface area contributed by atoms with E-state index in [0.29, 0.717) is 30.4 Å². The number of amides is 1. The summed E-state index contributed by atoms with van der Waals surface area (Å²) in [7, 11) is 1.59. The van der Waals surface area contributed by atoms with E-state index in [0.717, 1.165) is 17.7 Å². The summed E-state index contributed by atoms with van der Waals surface area (Å²) < 4.78 is 22.1. The summed E-state index contributed by atoms with van der Waals surface area (Å²) >= 11 is 0. The third-order valence-electron chi connectivity index (χ3n) is 4.17. The van der Waals surface area contributed by atoms with Crippen molar-refractivity contribution in [2.24, 2.45) is 0 Å². The lowest BCUT2D eigenvalue weighted by atomic mass is 10.2. The molecule has 1 amide bonds. The number of hydrogen-bond donors (Lipinski definition) is 1. The van der Waals surface area contributed by atoms with Gasteiger partial charge in [-0.15, -0.1) is 0 Å². The first-order valence-electron chi connectivity index (χ1n) is 9.54. The molecule has 0 fully saturated rings. The molecule has 0 saturated carbocycles. The third kappa shape index (κ3) is 5.78. The lowest BCUT2D eigenvalue weighted by Gasteiger charge is -2.09. The molecular weight excluding hydrogens is 370 g/mol. The highest BCUT2D eigenvalue weighted by Gasteiger charge is 2.12. The maximum atomic E-state index is 12.3. The molecule has 0 bridgehead atoms. The van der Waals surface area contributed by atoms with Crippen molar-refractivity contribution in [3.8, 4) is 17.2 Å². The van der Waals surface area contributed by atoms with Crippen molar-refractivity contribution in [1.82, 2.24) is 5.32 Å². The maximum Gasteiger partial charge on any atom is 0.287 e. The predicted octanol–water partition coefficient (Wildman–Crippen LogP) is 4.59. The lowest BCUT2D eigenvalue weighted by molar-refractivity contribution is 0.0919. The van der Waals surface area contributed by atoms with Crippen LogP contribution in [-0.2, 0) is 13.2 Å². The Bertz CT molecular complexity index is 917. The van der Waals surface area contributed by atoms with Crippen LogP contribution in [0.25, 0.3) is 0 Å². The van der Waals surface area contributed by atoms with Crippen LogP contribution >= 0.6 is 0 Å². The Kier molecular flexibility index (Phi) is 7.16. The third-order valence-corrected chi connectivity index (χ3v) is 4.17. The zero-order valence-electron chi connectivity index (χ0n) is 16.6. The van der Waals surface area contributed by atoms with Gasteiger partial charge in [0, 0.05) is 6.54 Å². The summed E-state index contributed by atoms with van der Waals surface area (Å²) in [5, 5.41) is 2.85. The molecule has 0 aliphatic heterocycles. The zero-order chi connectivity index (χ0) is 20.5. The Morgan fingerprint density at radius 2 is 1.72 bits per heavy atom. The van der Waals surface area contributed by atoms with Crippen LogP contribution in [0.3, 0.4) is 0 Å². The summed E-state index contributed by atoms with van der Waals surface area (Å²) in [4.78, 5) is 12.3. The molecule has 0 saturated heterocycles. The Labute approximate surface area is 170 Å². The van der Waals surface area contributed by atoms with Crippen molar-refractivity contribution in [1.29, 1.82) is 0 Å². The van der Waals surface area contributed by atoms with Gasteiger partial charge in [0.05, 0.1) is 13.7 Å². The molecule has 152 valence electrons. The highest BCUT2D eigenvalue weighted by Crippen LogP contribution is 2.26. The molecule has 0 spiro atoms. The van der Waals surface area contributed by atoms with E-state index in [9.17, 15) is 4.79 Å². The molecule has 0 aliphatic carbocycles. The van der Waals surface area contributed by atoms with Crippen molar-refractivity contribution in [3.63, 3.8) is 0 Å². The van der Waals surface area contributed by atoms with Gasteiger partial charge in [-0.3, -0.25) is 4.79 Å². The molecule has 0 atom stereocenters. The largest absolute Gasteiger partial charge is 0.494 e. The number of carbonyl (C=O) groups is 1.